The highest BCUT2D eigenvalue weighted by atomic mass is 16.5. The van der Waals surface area contributed by atoms with E-state index in [4.69, 9.17) is 4.74 Å². The molecule has 0 amide bonds. The van der Waals surface area contributed by atoms with Crippen molar-refractivity contribution in [3.8, 4) is 0 Å². The number of piperazine rings is 1. The zero-order valence-electron chi connectivity index (χ0n) is 12.3. The van der Waals surface area contributed by atoms with E-state index in [1.54, 1.807) is 0 Å². The van der Waals surface area contributed by atoms with E-state index in [9.17, 15) is 0 Å². The molecule has 0 spiro atoms. The minimum Gasteiger partial charge on any atom is -0.377 e. The third-order valence-electron chi connectivity index (χ3n) is 4.08. The highest BCUT2D eigenvalue weighted by Crippen LogP contribution is 2.22. The molecule has 0 aromatic carbocycles. The summed E-state index contributed by atoms with van der Waals surface area (Å²) < 4.78 is 5.67. The van der Waals surface area contributed by atoms with Crippen LogP contribution in [0.4, 0.5) is 0 Å². The van der Waals surface area contributed by atoms with Gasteiger partial charge in [0.25, 0.3) is 0 Å². The quantitative estimate of drug-likeness (QED) is 0.773. The second-order valence-corrected chi connectivity index (χ2v) is 5.61. The summed E-state index contributed by atoms with van der Waals surface area (Å²) in [5, 5.41) is 3.73. The van der Waals surface area contributed by atoms with Gasteiger partial charge in [0, 0.05) is 31.2 Å². The lowest BCUT2D eigenvalue weighted by molar-refractivity contribution is 0.0229. The van der Waals surface area contributed by atoms with Gasteiger partial charge in [-0.2, -0.15) is 0 Å². The van der Waals surface area contributed by atoms with Crippen molar-refractivity contribution in [2.45, 2.75) is 65.1 Å². The Bertz CT molecular complexity index is 214. The molecule has 1 fully saturated rings. The molecule has 1 N–H and O–H groups in total. The second-order valence-electron chi connectivity index (χ2n) is 5.61. The fraction of sp³-hybridized carbons (Fsp3) is 1.00. The third-order valence-corrected chi connectivity index (χ3v) is 4.08. The van der Waals surface area contributed by atoms with Gasteiger partial charge >= 0.3 is 0 Å². The highest BCUT2D eigenvalue weighted by molar-refractivity contribution is 4.95. The molecule has 1 aliphatic rings. The van der Waals surface area contributed by atoms with Crippen molar-refractivity contribution in [2.75, 3.05) is 26.2 Å². The van der Waals surface area contributed by atoms with E-state index in [1.165, 1.54) is 12.8 Å². The van der Waals surface area contributed by atoms with Gasteiger partial charge < -0.3 is 10.1 Å². The minimum atomic E-state index is 0.324. The number of ether oxygens (including phenoxy) is 1. The summed E-state index contributed by atoms with van der Waals surface area (Å²) in [5.74, 6) is 0. The molecule has 1 heterocycles. The van der Waals surface area contributed by atoms with Gasteiger partial charge in [0.1, 0.15) is 0 Å². The Hall–Kier alpha value is -0.120. The zero-order valence-corrected chi connectivity index (χ0v) is 12.3. The molecule has 3 heteroatoms. The molecule has 0 radical (unpaired) electrons. The monoisotopic (exact) mass is 242 g/mol. The van der Waals surface area contributed by atoms with Gasteiger partial charge in [-0.3, -0.25) is 4.90 Å². The lowest BCUT2D eigenvalue weighted by Crippen LogP contribution is -2.63. The molecule has 102 valence electrons. The van der Waals surface area contributed by atoms with Crippen molar-refractivity contribution in [3.05, 3.63) is 0 Å². The van der Waals surface area contributed by atoms with Crippen molar-refractivity contribution in [2.24, 2.45) is 0 Å². The van der Waals surface area contributed by atoms with Crippen LogP contribution in [-0.4, -0.2) is 48.8 Å². The Morgan fingerprint density at radius 3 is 2.53 bits per heavy atom. The van der Waals surface area contributed by atoms with E-state index < -0.39 is 0 Å². The van der Waals surface area contributed by atoms with Gasteiger partial charge in [-0.15, -0.1) is 0 Å². The molecule has 1 rings (SSSR count). The topological polar surface area (TPSA) is 24.5 Å². The van der Waals surface area contributed by atoms with Crippen LogP contribution in [-0.2, 0) is 4.74 Å². The molecule has 1 saturated heterocycles. The first-order chi connectivity index (χ1) is 8.03. The zero-order chi connectivity index (χ0) is 12.9. The molecule has 0 aromatic rings. The second kappa shape index (κ2) is 6.72. The molecular weight excluding hydrogens is 212 g/mol. The van der Waals surface area contributed by atoms with E-state index in [0.717, 1.165) is 26.2 Å². The van der Waals surface area contributed by atoms with Gasteiger partial charge in [0.15, 0.2) is 0 Å². The average Bonchev–Trinajstić information content (AvgIpc) is 2.32. The Morgan fingerprint density at radius 2 is 2.00 bits per heavy atom. The van der Waals surface area contributed by atoms with Gasteiger partial charge in [-0.05, 0) is 33.6 Å². The van der Waals surface area contributed by atoms with Crippen LogP contribution in [0, 0.1) is 0 Å². The first-order valence-electron chi connectivity index (χ1n) is 7.13. The molecule has 1 atom stereocenters. The summed E-state index contributed by atoms with van der Waals surface area (Å²) in [6.07, 6.45) is 2.76. The number of hydrogen-bond donors (Lipinski definition) is 1. The van der Waals surface area contributed by atoms with Gasteiger partial charge in [-0.25, -0.2) is 0 Å². The van der Waals surface area contributed by atoms with E-state index in [2.05, 4.69) is 44.8 Å². The third kappa shape index (κ3) is 4.23. The lowest BCUT2D eigenvalue weighted by Gasteiger charge is -2.46. The summed E-state index contributed by atoms with van der Waals surface area (Å²) >= 11 is 0. The van der Waals surface area contributed by atoms with E-state index in [0.29, 0.717) is 17.7 Å². The van der Waals surface area contributed by atoms with Crippen LogP contribution in [0.2, 0.25) is 0 Å². The Labute approximate surface area is 107 Å². The van der Waals surface area contributed by atoms with Gasteiger partial charge in [0.05, 0.1) is 12.7 Å². The van der Waals surface area contributed by atoms with E-state index in [1.807, 2.05) is 0 Å². The van der Waals surface area contributed by atoms with Crippen molar-refractivity contribution in [1.82, 2.24) is 10.2 Å². The molecule has 17 heavy (non-hydrogen) atoms. The molecule has 0 aliphatic carbocycles. The highest BCUT2D eigenvalue weighted by Gasteiger charge is 2.34. The summed E-state index contributed by atoms with van der Waals surface area (Å²) in [7, 11) is 0. The summed E-state index contributed by atoms with van der Waals surface area (Å²) in [6.45, 7) is 15.2. The van der Waals surface area contributed by atoms with Crippen LogP contribution in [0.5, 0.6) is 0 Å². The van der Waals surface area contributed by atoms with Crippen LogP contribution >= 0.6 is 0 Å². The number of rotatable bonds is 6. The predicted molar refractivity (Wildman–Crippen MR) is 73.4 cm³/mol. The Morgan fingerprint density at radius 1 is 1.35 bits per heavy atom. The minimum absolute atomic E-state index is 0.324. The van der Waals surface area contributed by atoms with Crippen LogP contribution in [0.15, 0.2) is 0 Å². The van der Waals surface area contributed by atoms with Crippen LogP contribution in [0.3, 0.4) is 0 Å². The molecule has 0 aromatic heterocycles. The smallest absolute Gasteiger partial charge is 0.0597 e. The fourth-order valence-corrected chi connectivity index (χ4v) is 2.52. The maximum atomic E-state index is 5.67. The molecule has 0 saturated carbocycles. The van der Waals surface area contributed by atoms with Crippen LogP contribution < -0.4 is 5.32 Å². The average molecular weight is 242 g/mol. The van der Waals surface area contributed by atoms with E-state index in [-0.39, 0.29) is 0 Å². The maximum Gasteiger partial charge on any atom is 0.0597 e. The predicted octanol–water partition coefficient (Wildman–Crippen LogP) is 2.26. The SMILES string of the molecule is CCC1(CC)CN(CCOC(C)C)C(C)CN1. The van der Waals surface area contributed by atoms with E-state index >= 15 is 0 Å². The molecule has 1 aliphatic heterocycles. The standard InChI is InChI=1S/C14H30N2O/c1-6-14(7-2)11-16(13(5)10-15-14)8-9-17-12(3)4/h12-13,15H,6-11H2,1-5H3. The largest absolute Gasteiger partial charge is 0.377 e. The molecule has 0 bridgehead atoms. The van der Waals surface area contributed by atoms with Gasteiger partial charge in [-0.1, -0.05) is 13.8 Å². The lowest BCUT2D eigenvalue weighted by atomic mass is 9.89. The maximum absolute atomic E-state index is 5.67. The normalized spacial score (nSPS) is 25.4. The summed E-state index contributed by atoms with van der Waals surface area (Å²) in [5.41, 5.74) is 0.324. The number of nitrogens with zero attached hydrogens (tertiary/aromatic N) is 1. The number of hydrogen-bond acceptors (Lipinski definition) is 3. The summed E-state index contributed by atoms with van der Waals surface area (Å²) in [6, 6.07) is 0.622. The molecular formula is C14H30N2O. The Kier molecular flexibility index (Phi) is 5.90. The van der Waals surface area contributed by atoms with Crippen molar-refractivity contribution >= 4 is 0 Å². The van der Waals surface area contributed by atoms with Gasteiger partial charge in [0.2, 0.25) is 0 Å². The fourth-order valence-electron chi connectivity index (χ4n) is 2.52. The molecule has 1 unspecified atom stereocenters. The van der Waals surface area contributed by atoms with Crippen molar-refractivity contribution < 1.29 is 4.74 Å². The summed E-state index contributed by atoms with van der Waals surface area (Å²) in [4.78, 5) is 2.58. The van der Waals surface area contributed by atoms with Crippen molar-refractivity contribution in [3.63, 3.8) is 0 Å². The number of nitrogens with one attached hydrogen (secondary N) is 1. The van der Waals surface area contributed by atoms with Crippen LogP contribution in [0.25, 0.3) is 0 Å². The first kappa shape index (κ1) is 14.9. The first-order valence-corrected chi connectivity index (χ1v) is 7.13. The Balaban J connectivity index is 2.45. The molecule has 3 nitrogen and oxygen atoms in total. The van der Waals surface area contributed by atoms with Crippen molar-refractivity contribution in [1.29, 1.82) is 0 Å². The van der Waals surface area contributed by atoms with Crippen LogP contribution in [0.1, 0.15) is 47.5 Å².